The Labute approximate surface area is 289 Å². The third-order valence-electron chi connectivity index (χ3n) is 9.56. The molecule has 0 N–H and O–H groups in total. The molecule has 0 radical (unpaired) electrons. The van der Waals surface area contributed by atoms with Crippen molar-refractivity contribution in [2.75, 3.05) is 0 Å². The van der Waals surface area contributed by atoms with Crippen molar-refractivity contribution in [3.8, 4) is 9.88 Å². The van der Waals surface area contributed by atoms with Gasteiger partial charge >= 0.3 is 0 Å². The van der Waals surface area contributed by atoms with Crippen LogP contribution in [0.1, 0.15) is 144 Å². The zero-order chi connectivity index (χ0) is 34.8. The van der Waals surface area contributed by atoms with Crippen LogP contribution >= 0.6 is 22.7 Å². The number of benzene rings is 2. The highest BCUT2D eigenvalue weighted by molar-refractivity contribution is 7.22. The summed E-state index contributed by atoms with van der Waals surface area (Å²) >= 11 is 2.89. The van der Waals surface area contributed by atoms with Gasteiger partial charge in [-0.25, -0.2) is 31.3 Å². The van der Waals surface area contributed by atoms with Crippen LogP contribution in [0.25, 0.3) is 9.88 Å². The molecule has 0 aliphatic rings. The Morgan fingerprint density at radius 1 is 0.667 bits per heavy atom. The van der Waals surface area contributed by atoms with Crippen molar-refractivity contribution in [3.63, 3.8) is 0 Å². The molecule has 4 rings (SSSR count). The molecule has 9 heteroatoms. The van der Waals surface area contributed by atoms with E-state index >= 15 is 0 Å². The fraction of sp³-hybridized carbons (Fsp3) is 0.513. The largest absolute Gasteiger partial charge is 0.240 e. The molecule has 0 spiro atoms. The predicted molar refractivity (Wildman–Crippen MR) is 187 cm³/mol. The number of hydrogen-bond donors (Lipinski definition) is 0. The van der Waals surface area contributed by atoms with Crippen molar-refractivity contribution < 1.29 is 26.3 Å². The summed E-state index contributed by atoms with van der Waals surface area (Å²) in [4.78, 5) is 7.62. The molecule has 48 heavy (non-hydrogen) atoms. The molecule has 2 heterocycles. The van der Waals surface area contributed by atoms with E-state index in [1.807, 2.05) is 26.0 Å². The lowest BCUT2D eigenvalue weighted by atomic mass is 9.77. The maximum absolute atomic E-state index is 14.5. The highest BCUT2D eigenvalue weighted by Gasteiger charge is 2.34. The van der Waals surface area contributed by atoms with Crippen LogP contribution < -0.4 is 0 Å². The second-order valence-electron chi connectivity index (χ2n) is 13.1. The number of rotatable bonds is 19. The average molecular weight is 708 g/mol. The monoisotopic (exact) mass is 707 g/mol. The number of thiazole rings is 1. The van der Waals surface area contributed by atoms with Crippen LogP contribution in [-0.4, -0.2) is 4.98 Å². The first-order valence-electron chi connectivity index (χ1n) is 17.4. The summed E-state index contributed by atoms with van der Waals surface area (Å²) in [6.07, 6.45) is 15.9. The predicted octanol–water partition coefficient (Wildman–Crippen LogP) is 13.8. The van der Waals surface area contributed by atoms with E-state index in [0.717, 1.165) is 68.9 Å². The van der Waals surface area contributed by atoms with Gasteiger partial charge in [-0.1, -0.05) is 98.3 Å². The Kier molecular flexibility index (Phi) is 14.2. The molecule has 1 nitrogen and oxygen atoms in total. The topological polar surface area (TPSA) is 12.9 Å². The lowest BCUT2D eigenvalue weighted by Gasteiger charge is -2.29. The van der Waals surface area contributed by atoms with Gasteiger partial charge < -0.3 is 0 Å². The molecular weight excluding hydrogens is 661 g/mol. The van der Waals surface area contributed by atoms with E-state index in [-0.39, 0.29) is 5.92 Å². The number of thiophene rings is 1. The van der Waals surface area contributed by atoms with Crippen molar-refractivity contribution in [1.82, 2.24) is 4.98 Å². The van der Waals surface area contributed by atoms with E-state index in [1.54, 1.807) is 6.92 Å². The summed E-state index contributed by atoms with van der Waals surface area (Å²) in [5.74, 6) is -8.26. The van der Waals surface area contributed by atoms with Crippen LogP contribution in [0.15, 0.2) is 36.4 Å². The van der Waals surface area contributed by atoms with Crippen LogP contribution in [0.4, 0.5) is 26.3 Å². The summed E-state index contributed by atoms with van der Waals surface area (Å²) in [5.41, 5.74) is 0.732. The minimum atomic E-state index is -1.49. The zero-order valence-corrected chi connectivity index (χ0v) is 30.1. The van der Waals surface area contributed by atoms with E-state index in [2.05, 4.69) is 6.92 Å². The number of hydrogen-bond acceptors (Lipinski definition) is 3. The van der Waals surface area contributed by atoms with Gasteiger partial charge in [-0.05, 0) is 66.8 Å². The summed E-state index contributed by atoms with van der Waals surface area (Å²) < 4.78 is 84.4. The molecule has 0 aliphatic carbocycles. The third-order valence-corrected chi connectivity index (χ3v) is 12.4. The Morgan fingerprint density at radius 3 is 1.69 bits per heavy atom. The van der Waals surface area contributed by atoms with Crippen molar-refractivity contribution in [3.05, 3.63) is 97.9 Å². The fourth-order valence-electron chi connectivity index (χ4n) is 6.25. The zero-order valence-electron chi connectivity index (χ0n) is 28.5. The van der Waals surface area contributed by atoms with Gasteiger partial charge in [-0.3, -0.25) is 0 Å². The number of aryl methyl sites for hydroxylation is 1. The van der Waals surface area contributed by atoms with E-state index in [4.69, 9.17) is 4.98 Å². The minimum absolute atomic E-state index is 0.325. The second-order valence-corrected chi connectivity index (χ2v) is 15.2. The highest BCUT2D eigenvalue weighted by Crippen LogP contribution is 2.45. The molecule has 0 saturated carbocycles. The summed E-state index contributed by atoms with van der Waals surface area (Å²) in [6, 6.07) is 7.99. The molecule has 2 aromatic heterocycles. The van der Waals surface area contributed by atoms with Crippen LogP contribution in [0.2, 0.25) is 0 Å². The van der Waals surface area contributed by atoms with E-state index in [9.17, 15) is 26.3 Å². The lowest BCUT2D eigenvalue weighted by molar-refractivity contribution is 0.437. The third kappa shape index (κ3) is 9.32. The van der Waals surface area contributed by atoms with Crippen LogP contribution in [0.5, 0.6) is 0 Å². The Bertz CT molecular complexity index is 1580. The van der Waals surface area contributed by atoms with Gasteiger partial charge in [0, 0.05) is 21.1 Å². The summed E-state index contributed by atoms with van der Waals surface area (Å²) in [6.45, 7) is 7.90. The number of nitrogens with zero attached hydrogens (tertiary/aromatic N) is 1. The maximum Gasteiger partial charge on any atom is 0.194 e. The van der Waals surface area contributed by atoms with Gasteiger partial charge in [0.1, 0.15) is 5.01 Å². The molecule has 0 saturated heterocycles. The van der Waals surface area contributed by atoms with Crippen LogP contribution in [-0.2, 0) is 11.8 Å². The second kappa shape index (κ2) is 17.8. The standard InChI is InChI=1S/C39H47F6NS2/c1-5-7-8-9-10-11-12-13-14-15-16-17-18-32-37(39(4,6-2)27-23-30(42)36(45)31(43)24-27)48-38(46-32)34-20-19-33(47-34)25(3)26-21-28(40)35(44)29(41)22-26/h19-25H,5-18H2,1-4H3. The fourth-order valence-corrected chi connectivity index (χ4v) is 8.74. The van der Waals surface area contributed by atoms with Crippen LogP contribution in [0.3, 0.4) is 0 Å². The smallest absolute Gasteiger partial charge is 0.194 e. The van der Waals surface area contributed by atoms with Gasteiger partial charge in [0.25, 0.3) is 0 Å². The number of aromatic nitrogens is 1. The molecule has 262 valence electrons. The van der Waals surface area contributed by atoms with E-state index in [0.29, 0.717) is 24.0 Å². The average Bonchev–Trinajstić information content (AvgIpc) is 3.74. The van der Waals surface area contributed by atoms with Crippen molar-refractivity contribution in [2.24, 2.45) is 0 Å². The molecule has 2 aromatic carbocycles. The van der Waals surface area contributed by atoms with Crippen molar-refractivity contribution in [1.29, 1.82) is 0 Å². The Balaban J connectivity index is 1.53. The van der Waals surface area contributed by atoms with E-state index < -0.39 is 40.3 Å². The normalized spacial score (nSPS) is 13.6. The molecule has 0 fully saturated rings. The molecule has 4 aromatic rings. The molecule has 2 atom stereocenters. The van der Waals surface area contributed by atoms with Gasteiger partial charge in [0.2, 0.25) is 0 Å². The first kappa shape index (κ1) is 38.2. The summed E-state index contributed by atoms with van der Waals surface area (Å²) in [5, 5.41) is 0.738. The van der Waals surface area contributed by atoms with Crippen molar-refractivity contribution in [2.45, 2.75) is 129 Å². The van der Waals surface area contributed by atoms with Crippen LogP contribution in [0, 0.1) is 34.9 Å². The first-order chi connectivity index (χ1) is 23.0. The lowest BCUT2D eigenvalue weighted by Crippen LogP contribution is -2.24. The molecule has 0 amide bonds. The SMILES string of the molecule is CCCCCCCCCCCCCCc1nc(-c2ccc(C(C)c3cc(F)c(F)c(F)c3)s2)sc1C(C)(CC)c1cc(F)c(F)c(F)c1. The maximum atomic E-state index is 14.5. The quantitative estimate of drug-likeness (QED) is 0.0537. The number of unbranched alkanes of at least 4 members (excludes halogenated alkanes) is 11. The Morgan fingerprint density at radius 2 is 1.17 bits per heavy atom. The Hall–Kier alpha value is -2.65. The molecule has 2 unspecified atom stereocenters. The van der Waals surface area contributed by atoms with Gasteiger partial charge in [-0.15, -0.1) is 22.7 Å². The highest BCUT2D eigenvalue weighted by atomic mass is 32.1. The molecular formula is C39H47F6NS2. The van der Waals surface area contributed by atoms with Crippen molar-refractivity contribution >= 4 is 22.7 Å². The van der Waals surface area contributed by atoms with Gasteiger partial charge in [0.05, 0.1) is 10.6 Å². The molecule has 0 aliphatic heterocycles. The molecule has 0 bridgehead atoms. The van der Waals surface area contributed by atoms with E-state index in [1.165, 1.54) is 80.5 Å². The summed E-state index contributed by atoms with van der Waals surface area (Å²) in [7, 11) is 0. The first-order valence-corrected chi connectivity index (χ1v) is 19.0. The minimum Gasteiger partial charge on any atom is -0.240 e. The van der Waals surface area contributed by atoms with Gasteiger partial charge in [-0.2, -0.15) is 0 Å². The number of halogens is 6. The van der Waals surface area contributed by atoms with Gasteiger partial charge in [0.15, 0.2) is 34.9 Å².